The molecular formula is C8H14N2O5. The topological polar surface area (TPSA) is 107 Å². The van der Waals surface area contributed by atoms with Gasteiger partial charge in [-0.15, -0.1) is 0 Å². The van der Waals surface area contributed by atoms with Crippen LogP contribution in [0.2, 0.25) is 0 Å². The number of hydrogen-bond acceptors (Lipinski definition) is 4. The summed E-state index contributed by atoms with van der Waals surface area (Å²) in [4.78, 5) is 33.1. The Bertz CT molecular complexity index is 250. The van der Waals surface area contributed by atoms with Gasteiger partial charge in [-0.3, -0.25) is 19.3 Å². The maximum atomic E-state index is 11.2. The van der Waals surface area contributed by atoms with Crippen LogP contribution in [0.15, 0.2) is 0 Å². The van der Waals surface area contributed by atoms with Gasteiger partial charge in [0.05, 0.1) is 19.1 Å². The summed E-state index contributed by atoms with van der Waals surface area (Å²) in [6.45, 7) is 0.479. The molecule has 1 atom stereocenters. The van der Waals surface area contributed by atoms with Gasteiger partial charge in [0, 0.05) is 7.05 Å². The van der Waals surface area contributed by atoms with Crippen molar-refractivity contribution in [3.63, 3.8) is 0 Å². The van der Waals surface area contributed by atoms with Crippen molar-refractivity contribution in [2.45, 2.75) is 13.0 Å². The lowest BCUT2D eigenvalue weighted by Crippen LogP contribution is -2.48. The molecule has 7 nitrogen and oxygen atoms in total. The van der Waals surface area contributed by atoms with Crippen molar-refractivity contribution in [1.29, 1.82) is 0 Å². The lowest BCUT2D eigenvalue weighted by molar-refractivity contribution is -0.143. The Morgan fingerprint density at radius 2 is 1.60 bits per heavy atom. The molecule has 0 aromatic rings. The smallest absolute Gasteiger partial charge is 0.317 e. The molecule has 0 fully saturated rings. The van der Waals surface area contributed by atoms with E-state index in [9.17, 15) is 14.4 Å². The average molecular weight is 218 g/mol. The van der Waals surface area contributed by atoms with Gasteiger partial charge in [0.1, 0.15) is 0 Å². The first-order valence-electron chi connectivity index (χ1n) is 4.27. The first kappa shape index (κ1) is 13.4. The van der Waals surface area contributed by atoms with E-state index in [0.29, 0.717) is 0 Å². The highest BCUT2D eigenvalue weighted by Gasteiger charge is 2.24. The fourth-order valence-electron chi connectivity index (χ4n) is 1.05. The first-order chi connectivity index (χ1) is 6.88. The number of amides is 1. The molecule has 15 heavy (non-hydrogen) atoms. The molecule has 86 valence electrons. The SMILES string of the molecule is CNC(=O)C(C)N(CC(=O)O)CC(=O)O. The van der Waals surface area contributed by atoms with E-state index in [-0.39, 0.29) is 0 Å². The van der Waals surface area contributed by atoms with Crippen LogP contribution in [0, 0.1) is 0 Å². The van der Waals surface area contributed by atoms with Gasteiger partial charge in [-0.05, 0) is 6.92 Å². The average Bonchev–Trinajstić information content (AvgIpc) is 2.13. The Morgan fingerprint density at radius 3 is 1.87 bits per heavy atom. The molecule has 0 aromatic heterocycles. The zero-order chi connectivity index (χ0) is 12.0. The quantitative estimate of drug-likeness (QED) is 0.505. The van der Waals surface area contributed by atoms with Crippen LogP contribution in [-0.4, -0.2) is 59.1 Å². The highest BCUT2D eigenvalue weighted by atomic mass is 16.4. The van der Waals surface area contributed by atoms with E-state index in [2.05, 4.69) is 5.32 Å². The predicted molar refractivity (Wildman–Crippen MR) is 50.4 cm³/mol. The number of carbonyl (C=O) groups excluding carboxylic acids is 1. The summed E-state index contributed by atoms with van der Waals surface area (Å²) >= 11 is 0. The fourth-order valence-corrected chi connectivity index (χ4v) is 1.05. The monoisotopic (exact) mass is 218 g/mol. The van der Waals surface area contributed by atoms with Gasteiger partial charge < -0.3 is 15.5 Å². The fraction of sp³-hybridized carbons (Fsp3) is 0.625. The Labute approximate surface area is 86.7 Å². The Hall–Kier alpha value is -1.63. The van der Waals surface area contributed by atoms with Gasteiger partial charge in [0.2, 0.25) is 5.91 Å². The Balaban J connectivity index is 4.53. The van der Waals surface area contributed by atoms with Crippen LogP contribution in [0.3, 0.4) is 0 Å². The van der Waals surface area contributed by atoms with E-state index in [4.69, 9.17) is 10.2 Å². The number of nitrogens with zero attached hydrogens (tertiary/aromatic N) is 1. The largest absolute Gasteiger partial charge is 0.480 e. The zero-order valence-corrected chi connectivity index (χ0v) is 8.56. The van der Waals surface area contributed by atoms with Crippen LogP contribution in [-0.2, 0) is 14.4 Å². The van der Waals surface area contributed by atoms with E-state index in [1.54, 1.807) is 0 Å². The molecule has 0 rings (SSSR count). The third-order valence-electron chi connectivity index (χ3n) is 1.85. The summed E-state index contributed by atoms with van der Waals surface area (Å²) in [7, 11) is 1.40. The molecule has 0 bridgehead atoms. The van der Waals surface area contributed by atoms with Crippen molar-refractivity contribution in [2.24, 2.45) is 0 Å². The molecule has 0 saturated heterocycles. The zero-order valence-electron chi connectivity index (χ0n) is 8.56. The number of nitrogens with one attached hydrogen (secondary N) is 1. The molecular weight excluding hydrogens is 204 g/mol. The van der Waals surface area contributed by atoms with E-state index in [1.807, 2.05) is 0 Å². The molecule has 0 saturated carbocycles. The summed E-state index contributed by atoms with van der Waals surface area (Å²) in [5.41, 5.74) is 0. The van der Waals surface area contributed by atoms with Crippen LogP contribution in [0.25, 0.3) is 0 Å². The van der Waals surface area contributed by atoms with Gasteiger partial charge in [0.25, 0.3) is 0 Å². The minimum atomic E-state index is -1.17. The number of aliphatic carboxylic acids is 2. The standard InChI is InChI=1S/C8H14N2O5/c1-5(8(15)9-2)10(3-6(11)12)4-7(13)14/h5H,3-4H2,1-2H3,(H,9,15)(H,11,12)(H,13,14). The molecule has 1 amide bonds. The van der Waals surface area contributed by atoms with E-state index in [0.717, 1.165) is 4.90 Å². The summed E-state index contributed by atoms with van der Waals surface area (Å²) < 4.78 is 0. The van der Waals surface area contributed by atoms with E-state index in [1.165, 1.54) is 14.0 Å². The summed E-state index contributed by atoms with van der Waals surface area (Å²) in [6.07, 6.45) is 0. The van der Waals surface area contributed by atoms with Crippen molar-refractivity contribution in [2.75, 3.05) is 20.1 Å². The molecule has 0 aliphatic heterocycles. The molecule has 0 radical (unpaired) electrons. The number of likely N-dealkylation sites (N-methyl/N-ethyl adjacent to an activating group) is 1. The minimum absolute atomic E-state index is 0.419. The van der Waals surface area contributed by atoms with Crippen molar-refractivity contribution in [3.05, 3.63) is 0 Å². The van der Waals surface area contributed by atoms with Crippen LogP contribution in [0.4, 0.5) is 0 Å². The van der Waals surface area contributed by atoms with Crippen molar-refractivity contribution in [1.82, 2.24) is 10.2 Å². The van der Waals surface area contributed by atoms with Crippen LogP contribution in [0.1, 0.15) is 6.92 Å². The number of carboxylic acids is 2. The van der Waals surface area contributed by atoms with Crippen LogP contribution >= 0.6 is 0 Å². The lowest BCUT2D eigenvalue weighted by Gasteiger charge is -2.23. The van der Waals surface area contributed by atoms with Crippen molar-refractivity contribution < 1.29 is 24.6 Å². The molecule has 0 aliphatic rings. The second kappa shape index (κ2) is 5.97. The molecule has 0 spiro atoms. The number of rotatable bonds is 6. The summed E-state index contributed by atoms with van der Waals surface area (Å²) in [5.74, 6) is -2.77. The molecule has 0 aliphatic carbocycles. The number of carboxylic acid groups (broad SMARTS) is 2. The third-order valence-corrected chi connectivity index (χ3v) is 1.85. The number of carbonyl (C=O) groups is 3. The summed E-state index contributed by atoms with van der Waals surface area (Å²) in [5, 5.41) is 19.4. The molecule has 3 N–H and O–H groups in total. The van der Waals surface area contributed by atoms with Crippen molar-refractivity contribution in [3.8, 4) is 0 Å². The third kappa shape index (κ3) is 4.96. The Morgan fingerprint density at radius 1 is 1.20 bits per heavy atom. The maximum absolute atomic E-state index is 11.2. The normalized spacial score (nSPS) is 12.2. The van der Waals surface area contributed by atoms with Crippen LogP contribution < -0.4 is 5.32 Å². The Kier molecular flexibility index (Phi) is 5.32. The molecule has 0 heterocycles. The molecule has 1 unspecified atom stereocenters. The van der Waals surface area contributed by atoms with Gasteiger partial charge >= 0.3 is 11.9 Å². The second-order valence-electron chi connectivity index (χ2n) is 2.98. The highest BCUT2D eigenvalue weighted by molar-refractivity contribution is 5.82. The second-order valence-corrected chi connectivity index (χ2v) is 2.98. The van der Waals surface area contributed by atoms with Gasteiger partial charge in [-0.2, -0.15) is 0 Å². The predicted octanol–water partition coefficient (Wildman–Crippen LogP) is -1.41. The van der Waals surface area contributed by atoms with Gasteiger partial charge in [0.15, 0.2) is 0 Å². The number of hydrogen-bond donors (Lipinski definition) is 3. The minimum Gasteiger partial charge on any atom is -0.480 e. The van der Waals surface area contributed by atoms with Crippen LogP contribution in [0.5, 0.6) is 0 Å². The lowest BCUT2D eigenvalue weighted by atomic mass is 10.2. The van der Waals surface area contributed by atoms with Gasteiger partial charge in [-0.25, -0.2) is 0 Å². The molecule has 7 heteroatoms. The maximum Gasteiger partial charge on any atom is 0.317 e. The van der Waals surface area contributed by atoms with Crippen molar-refractivity contribution >= 4 is 17.8 Å². The van der Waals surface area contributed by atoms with Gasteiger partial charge in [-0.1, -0.05) is 0 Å². The summed E-state index contributed by atoms with van der Waals surface area (Å²) in [6, 6.07) is -0.790. The first-order valence-corrected chi connectivity index (χ1v) is 4.27. The van der Waals surface area contributed by atoms with E-state index < -0.39 is 37.0 Å². The van der Waals surface area contributed by atoms with E-state index >= 15 is 0 Å². The molecule has 0 aromatic carbocycles. The highest BCUT2D eigenvalue weighted by Crippen LogP contribution is 1.98.